The summed E-state index contributed by atoms with van der Waals surface area (Å²) in [6.45, 7) is 8.74. The van der Waals surface area contributed by atoms with Crippen molar-refractivity contribution in [1.29, 1.82) is 0 Å². The molecule has 2 aromatic rings. The Hall–Kier alpha value is -1.72. The van der Waals surface area contributed by atoms with Gasteiger partial charge in [0.1, 0.15) is 0 Å². The van der Waals surface area contributed by atoms with Crippen molar-refractivity contribution in [3.05, 3.63) is 36.2 Å². The first-order valence-electron chi connectivity index (χ1n) is 8.42. The first-order valence-corrected chi connectivity index (χ1v) is 8.42. The molecule has 1 aliphatic rings. The topological polar surface area (TPSA) is 45.4 Å². The van der Waals surface area contributed by atoms with E-state index >= 15 is 0 Å². The van der Waals surface area contributed by atoms with Crippen molar-refractivity contribution in [2.75, 3.05) is 26.7 Å². The highest BCUT2D eigenvalue weighted by Crippen LogP contribution is 2.20. The van der Waals surface area contributed by atoms with Crippen molar-refractivity contribution in [3.63, 3.8) is 0 Å². The summed E-state index contributed by atoms with van der Waals surface area (Å²) < 4.78 is 5.40. The molecule has 0 bridgehead atoms. The molecule has 0 unspecified atom stereocenters. The van der Waals surface area contributed by atoms with Crippen LogP contribution in [0.25, 0.3) is 11.4 Å². The Morgan fingerprint density at radius 3 is 2.78 bits per heavy atom. The van der Waals surface area contributed by atoms with Gasteiger partial charge < -0.3 is 9.42 Å². The van der Waals surface area contributed by atoms with E-state index in [4.69, 9.17) is 4.52 Å². The fraction of sp³-hybridized carbons (Fsp3) is 0.556. The van der Waals surface area contributed by atoms with E-state index in [0.29, 0.717) is 24.3 Å². The van der Waals surface area contributed by atoms with E-state index in [1.165, 1.54) is 19.5 Å². The molecule has 0 N–H and O–H groups in total. The molecule has 0 saturated carbocycles. The van der Waals surface area contributed by atoms with Crippen molar-refractivity contribution in [1.82, 2.24) is 19.9 Å². The van der Waals surface area contributed by atoms with Gasteiger partial charge in [0.2, 0.25) is 11.7 Å². The molecule has 3 rings (SSSR count). The molecule has 23 heavy (non-hydrogen) atoms. The van der Waals surface area contributed by atoms with Crippen molar-refractivity contribution in [3.8, 4) is 11.4 Å². The Morgan fingerprint density at radius 2 is 2.09 bits per heavy atom. The zero-order valence-corrected chi connectivity index (χ0v) is 14.3. The largest absolute Gasteiger partial charge is 0.338 e. The lowest BCUT2D eigenvalue weighted by molar-refractivity contribution is 0.218. The predicted molar refractivity (Wildman–Crippen MR) is 90.9 cm³/mol. The average molecular weight is 314 g/mol. The van der Waals surface area contributed by atoms with E-state index in [9.17, 15) is 0 Å². The van der Waals surface area contributed by atoms with Gasteiger partial charge in [-0.15, -0.1) is 0 Å². The minimum Gasteiger partial charge on any atom is -0.338 e. The molecular formula is C18H26N4O. The van der Waals surface area contributed by atoms with Gasteiger partial charge in [0.15, 0.2) is 0 Å². The number of benzene rings is 1. The summed E-state index contributed by atoms with van der Waals surface area (Å²) in [6, 6.07) is 10.6. The normalized spacial score (nSPS) is 19.1. The van der Waals surface area contributed by atoms with Crippen LogP contribution in [-0.2, 0) is 6.54 Å². The van der Waals surface area contributed by atoms with Crippen molar-refractivity contribution in [2.45, 2.75) is 32.9 Å². The number of nitrogens with zero attached hydrogens (tertiary/aromatic N) is 4. The standard InChI is InChI=1S/C18H26N4O/c1-14(2)22-10-9-15(12-22)11-21(3)13-17-19-18(20-23-17)16-7-5-4-6-8-16/h4-8,14-15H,9-13H2,1-3H3/t15-/m0/s1. The number of rotatable bonds is 6. The maximum absolute atomic E-state index is 5.40. The molecule has 2 heterocycles. The lowest BCUT2D eigenvalue weighted by Crippen LogP contribution is -2.31. The molecule has 5 heteroatoms. The van der Waals surface area contributed by atoms with Crippen molar-refractivity contribution < 1.29 is 4.52 Å². The van der Waals surface area contributed by atoms with Crippen LogP contribution in [-0.4, -0.2) is 52.7 Å². The summed E-state index contributed by atoms with van der Waals surface area (Å²) in [5.41, 5.74) is 0.994. The maximum Gasteiger partial charge on any atom is 0.241 e. The molecule has 0 amide bonds. The first-order chi connectivity index (χ1) is 11.1. The number of aromatic nitrogens is 2. The van der Waals surface area contributed by atoms with Gasteiger partial charge in [-0.3, -0.25) is 4.90 Å². The lowest BCUT2D eigenvalue weighted by atomic mass is 10.1. The highest BCUT2D eigenvalue weighted by molar-refractivity contribution is 5.53. The second kappa shape index (κ2) is 7.23. The van der Waals surface area contributed by atoms with Gasteiger partial charge in [-0.2, -0.15) is 4.98 Å². The zero-order valence-electron chi connectivity index (χ0n) is 14.3. The van der Waals surface area contributed by atoms with Crippen LogP contribution in [0.4, 0.5) is 0 Å². The van der Waals surface area contributed by atoms with Gasteiger partial charge in [0.25, 0.3) is 0 Å². The van der Waals surface area contributed by atoms with Gasteiger partial charge in [-0.25, -0.2) is 0 Å². The van der Waals surface area contributed by atoms with Crippen LogP contribution in [0.3, 0.4) is 0 Å². The summed E-state index contributed by atoms with van der Waals surface area (Å²) in [7, 11) is 2.13. The minimum atomic E-state index is 0.648. The van der Waals surface area contributed by atoms with Crippen LogP contribution in [0.15, 0.2) is 34.9 Å². The highest BCUT2D eigenvalue weighted by Gasteiger charge is 2.25. The molecule has 1 fully saturated rings. The Kier molecular flexibility index (Phi) is 5.08. The SMILES string of the molecule is CC(C)N1CC[C@@H](CN(C)Cc2nc(-c3ccccc3)no2)C1. The van der Waals surface area contributed by atoms with Crippen LogP contribution in [0.1, 0.15) is 26.2 Å². The fourth-order valence-electron chi connectivity index (χ4n) is 3.24. The van der Waals surface area contributed by atoms with Crippen LogP contribution < -0.4 is 0 Å². The summed E-state index contributed by atoms with van der Waals surface area (Å²) in [5, 5.41) is 4.09. The van der Waals surface area contributed by atoms with Crippen LogP contribution >= 0.6 is 0 Å². The van der Waals surface area contributed by atoms with Crippen molar-refractivity contribution >= 4 is 0 Å². The molecule has 0 spiro atoms. The minimum absolute atomic E-state index is 0.648. The monoisotopic (exact) mass is 314 g/mol. The average Bonchev–Trinajstić information content (AvgIpc) is 3.18. The third kappa shape index (κ3) is 4.18. The molecular weight excluding hydrogens is 288 g/mol. The summed E-state index contributed by atoms with van der Waals surface area (Å²) >= 11 is 0. The van der Waals surface area contributed by atoms with E-state index in [0.717, 1.165) is 18.0 Å². The maximum atomic E-state index is 5.40. The molecule has 1 atom stereocenters. The molecule has 1 saturated heterocycles. The zero-order chi connectivity index (χ0) is 16.2. The molecule has 0 aliphatic carbocycles. The van der Waals surface area contributed by atoms with E-state index in [-0.39, 0.29) is 0 Å². The van der Waals surface area contributed by atoms with Gasteiger partial charge in [0.05, 0.1) is 6.54 Å². The van der Waals surface area contributed by atoms with Crippen LogP contribution in [0.2, 0.25) is 0 Å². The Morgan fingerprint density at radius 1 is 1.30 bits per heavy atom. The van der Waals surface area contributed by atoms with Crippen molar-refractivity contribution in [2.24, 2.45) is 5.92 Å². The van der Waals surface area contributed by atoms with Gasteiger partial charge in [-0.1, -0.05) is 35.5 Å². The molecule has 1 aromatic carbocycles. The van der Waals surface area contributed by atoms with E-state index in [1.807, 2.05) is 30.3 Å². The molecule has 124 valence electrons. The first kappa shape index (κ1) is 16.1. The lowest BCUT2D eigenvalue weighted by Gasteiger charge is -2.22. The van der Waals surface area contributed by atoms with Crippen LogP contribution in [0, 0.1) is 5.92 Å². The smallest absolute Gasteiger partial charge is 0.241 e. The Labute approximate surface area is 138 Å². The summed E-state index contributed by atoms with van der Waals surface area (Å²) in [5.74, 6) is 2.09. The highest BCUT2D eigenvalue weighted by atomic mass is 16.5. The molecule has 0 radical (unpaired) electrons. The predicted octanol–water partition coefficient (Wildman–Crippen LogP) is 2.90. The number of likely N-dealkylation sites (tertiary alicyclic amines) is 1. The Bertz CT molecular complexity index is 610. The van der Waals surface area contributed by atoms with E-state index < -0.39 is 0 Å². The number of hydrogen-bond donors (Lipinski definition) is 0. The van der Waals surface area contributed by atoms with Gasteiger partial charge in [-0.05, 0) is 39.8 Å². The molecule has 5 nitrogen and oxygen atoms in total. The summed E-state index contributed by atoms with van der Waals surface area (Å²) in [6.07, 6.45) is 1.28. The van der Waals surface area contributed by atoms with E-state index in [2.05, 4.69) is 40.8 Å². The Balaban J connectivity index is 1.53. The quantitative estimate of drug-likeness (QED) is 0.820. The van der Waals surface area contributed by atoms with Gasteiger partial charge >= 0.3 is 0 Å². The fourth-order valence-corrected chi connectivity index (χ4v) is 3.24. The third-order valence-corrected chi connectivity index (χ3v) is 4.52. The second-order valence-electron chi connectivity index (χ2n) is 6.82. The second-order valence-corrected chi connectivity index (χ2v) is 6.82. The van der Waals surface area contributed by atoms with Gasteiger partial charge in [0, 0.05) is 24.7 Å². The third-order valence-electron chi connectivity index (χ3n) is 4.52. The van der Waals surface area contributed by atoms with Crippen LogP contribution in [0.5, 0.6) is 0 Å². The number of hydrogen-bond acceptors (Lipinski definition) is 5. The van der Waals surface area contributed by atoms with E-state index in [1.54, 1.807) is 0 Å². The molecule has 1 aliphatic heterocycles. The molecule has 1 aromatic heterocycles. The summed E-state index contributed by atoms with van der Waals surface area (Å²) in [4.78, 5) is 9.35.